The van der Waals surface area contributed by atoms with Gasteiger partial charge in [0, 0.05) is 35.2 Å². The lowest BCUT2D eigenvalue weighted by Gasteiger charge is -2.27. The van der Waals surface area contributed by atoms with Gasteiger partial charge in [0.1, 0.15) is 5.65 Å². The molecule has 1 aromatic carbocycles. The summed E-state index contributed by atoms with van der Waals surface area (Å²) >= 11 is 3.53. The van der Waals surface area contributed by atoms with Crippen LogP contribution in [0.4, 0.5) is 0 Å². The SMILES string of the molecule is CC1(c2c(-c3ccc(Br)cc3)nc3ccccn23)NCC2CNC=C21. The molecule has 0 radical (unpaired) electrons. The van der Waals surface area contributed by atoms with Crippen LogP contribution in [-0.2, 0) is 5.54 Å². The van der Waals surface area contributed by atoms with Crippen molar-refractivity contribution in [3.05, 3.63) is 70.6 Å². The molecule has 2 aromatic heterocycles. The van der Waals surface area contributed by atoms with Crippen molar-refractivity contribution >= 4 is 21.6 Å². The number of fused-ring (bicyclic) bond motifs is 2. The Hall–Kier alpha value is -2.11. The van der Waals surface area contributed by atoms with Crippen LogP contribution < -0.4 is 10.6 Å². The summed E-state index contributed by atoms with van der Waals surface area (Å²) in [6.07, 6.45) is 4.31. The summed E-state index contributed by atoms with van der Waals surface area (Å²) in [6.45, 7) is 4.29. The average Bonchev–Trinajstić information content (AvgIpc) is 3.31. The predicted molar refractivity (Wildman–Crippen MR) is 103 cm³/mol. The molecular formula is C20H19BrN4. The average molecular weight is 395 g/mol. The van der Waals surface area contributed by atoms with Crippen LogP contribution in [0.2, 0.25) is 0 Å². The highest BCUT2D eigenvalue weighted by Gasteiger charge is 2.46. The molecule has 4 nitrogen and oxygen atoms in total. The summed E-state index contributed by atoms with van der Waals surface area (Å²) in [5.41, 5.74) is 5.58. The van der Waals surface area contributed by atoms with Crippen molar-refractivity contribution in [3.63, 3.8) is 0 Å². The number of aromatic nitrogens is 2. The van der Waals surface area contributed by atoms with Crippen LogP contribution in [0, 0.1) is 5.92 Å². The van der Waals surface area contributed by atoms with E-state index < -0.39 is 0 Å². The highest BCUT2D eigenvalue weighted by Crippen LogP contribution is 2.44. The highest BCUT2D eigenvalue weighted by molar-refractivity contribution is 9.10. The van der Waals surface area contributed by atoms with Gasteiger partial charge >= 0.3 is 0 Å². The monoisotopic (exact) mass is 394 g/mol. The standard InChI is InChI=1S/C20H19BrN4/c1-20(16-12-22-10-14(16)11-23-20)19-18(13-5-7-15(21)8-6-13)24-17-4-2-3-9-25(17)19/h2-9,12,14,22-23H,10-11H2,1H3. The zero-order valence-electron chi connectivity index (χ0n) is 14.0. The quantitative estimate of drug-likeness (QED) is 0.696. The van der Waals surface area contributed by atoms with Crippen LogP contribution in [0.15, 0.2) is 64.9 Å². The summed E-state index contributed by atoms with van der Waals surface area (Å²) in [7, 11) is 0. The molecule has 25 heavy (non-hydrogen) atoms. The van der Waals surface area contributed by atoms with E-state index in [4.69, 9.17) is 4.98 Å². The first-order chi connectivity index (χ1) is 12.2. The number of hydrogen-bond donors (Lipinski definition) is 2. The third kappa shape index (κ3) is 2.19. The van der Waals surface area contributed by atoms with Crippen molar-refractivity contribution in [2.75, 3.05) is 13.1 Å². The third-order valence-electron chi connectivity index (χ3n) is 5.46. The van der Waals surface area contributed by atoms with Gasteiger partial charge in [-0.1, -0.05) is 34.1 Å². The Morgan fingerprint density at radius 1 is 1.16 bits per heavy atom. The largest absolute Gasteiger partial charge is 0.390 e. The minimum atomic E-state index is -0.225. The molecule has 126 valence electrons. The molecule has 5 rings (SSSR count). The van der Waals surface area contributed by atoms with Gasteiger partial charge < -0.3 is 15.0 Å². The molecule has 3 aromatic rings. The zero-order valence-corrected chi connectivity index (χ0v) is 15.5. The van der Waals surface area contributed by atoms with Crippen molar-refractivity contribution < 1.29 is 0 Å². The maximum absolute atomic E-state index is 4.98. The van der Waals surface area contributed by atoms with Crippen LogP contribution in [-0.4, -0.2) is 22.5 Å². The molecule has 0 amide bonds. The first-order valence-electron chi connectivity index (χ1n) is 8.59. The molecule has 0 spiro atoms. The van der Waals surface area contributed by atoms with Crippen LogP contribution in [0.1, 0.15) is 12.6 Å². The minimum Gasteiger partial charge on any atom is -0.390 e. The Morgan fingerprint density at radius 3 is 2.84 bits per heavy atom. The van der Waals surface area contributed by atoms with Crippen molar-refractivity contribution in [1.29, 1.82) is 0 Å². The fourth-order valence-electron chi connectivity index (χ4n) is 4.21. The van der Waals surface area contributed by atoms with Crippen LogP contribution in [0.5, 0.6) is 0 Å². The van der Waals surface area contributed by atoms with Crippen molar-refractivity contribution in [1.82, 2.24) is 20.0 Å². The van der Waals surface area contributed by atoms with Crippen molar-refractivity contribution in [3.8, 4) is 11.3 Å². The maximum atomic E-state index is 4.98. The predicted octanol–water partition coefficient (Wildman–Crippen LogP) is 3.69. The summed E-state index contributed by atoms with van der Waals surface area (Å²) < 4.78 is 3.31. The summed E-state index contributed by atoms with van der Waals surface area (Å²) in [5.74, 6) is 0.553. The Kier molecular flexibility index (Phi) is 3.30. The molecule has 4 heterocycles. The van der Waals surface area contributed by atoms with E-state index in [9.17, 15) is 0 Å². The van der Waals surface area contributed by atoms with Gasteiger partial charge in [0.05, 0.1) is 16.9 Å². The molecule has 2 aliphatic heterocycles. The van der Waals surface area contributed by atoms with E-state index in [-0.39, 0.29) is 5.54 Å². The van der Waals surface area contributed by atoms with Crippen molar-refractivity contribution in [2.45, 2.75) is 12.5 Å². The Labute approximate surface area is 155 Å². The normalized spacial score (nSPS) is 25.0. The van der Waals surface area contributed by atoms with Gasteiger partial charge in [0.25, 0.3) is 0 Å². The van der Waals surface area contributed by atoms with Crippen molar-refractivity contribution in [2.24, 2.45) is 5.92 Å². The second kappa shape index (κ2) is 5.44. The first-order valence-corrected chi connectivity index (χ1v) is 9.38. The number of nitrogens with zero attached hydrogens (tertiary/aromatic N) is 2. The van der Waals surface area contributed by atoms with Gasteiger partial charge in [-0.3, -0.25) is 0 Å². The van der Waals surface area contributed by atoms with E-state index in [2.05, 4.69) is 86.7 Å². The molecule has 0 saturated carbocycles. The van der Waals surface area contributed by atoms with E-state index in [0.29, 0.717) is 5.92 Å². The fourth-order valence-corrected chi connectivity index (χ4v) is 4.47. The van der Waals surface area contributed by atoms with Gasteiger partial charge in [-0.15, -0.1) is 0 Å². The summed E-state index contributed by atoms with van der Waals surface area (Å²) in [4.78, 5) is 4.98. The summed E-state index contributed by atoms with van der Waals surface area (Å²) in [5, 5.41) is 7.19. The lowest BCUT2D eigenvalue weighted by molar-refractivity contribution is 0.484. The molecule has 2 unspecified atom stereocenters. The topological polar surface area (TPSA) is 41.4 Å². The first kappa shape index (κ1) is 15.2. The van der Waals surface area contributed by atoms with E-state index in [0.717, 1.165) is 34.5 Å². The van der Waals surface area contributed by atoms with Gasteiger partial charge in [-0.2, -0.15) is 0 Å². The zero-order chi connectivity index (χ0) is 17.0. The van der Waals surface area contributed by atoms with Gasteiger partial charge in [-0.25, -0.2) is 4.98 Å². The number of nitrogens with one attached hydrogen (secondary N) is 2. The van der Waals surface area contributed by atoms with Crippen LogP contribution >= 0.6 is 15.9 Å². The number of imidazole rings is 1. The van der Waals surface area contributed by atoms with Crippen LogP contribution in [0.25, 0.3) is 16.9 Å². The highest BCUT2D eigenvalue weighted by atomic mass is 79.9. The third-order valence-corrected chi connectivity index (χ3v) is 5.99. The Balaban J connectivity index is 1.79. The number of pyridine rings is 1. The number of halogens is 1. The summed E-state index contributed by atoms with van der Waals surface area (Å²) in [6, 6.07) is 14.6. The molecule has 1 saturated heterocycles. The molecule has 0 bridgehead atoms. The number of hydrogen-bond acceptors (Lipinski definition) is 3. The van der Waals surface area contributed by atoms with Gasteiger partial charge in [0.2, 0.25) is 0 Å². The molecular weight excluding hydrogens is 376 g/mol. The fraction of sp³-hybridized carbons (Fsp3) is 0.250. The van der Waals surface area contributed by atoms with E-state index in [1.807, 2.05) is 6.07 Å². The number of benzene rings is 1. The Morgan fingerprint density at radius 2 is 2.00 bits per heavy atom. The van der Waals surface area contributed by atoms with Crippen LogP contribution in [0.3, 0.4) is 0 Å². The lowest BCUT2D eigenvalue weighted by Crippen LogP contribution is -2.36. The molecule has 2 N–H and O–H groups in total. The Bertz CT molecular complexity index is 989. The van der Waals surface area contributed by atoms with Gasteiger partial charge in [0.15, 0.2) is 0 Å². The maximum Gasteiger partial charge on any atom is 0.137 e. The second-order valence-electron chi connectivity index (χ2n) is 6.96. The second-order valence-corrected chi connectivity index (χ2v) is 7.87. The molecule has 2 atom stereocenters. The van der Waals surface area contributed by atoms with E-state index in [1.54, 1.807) is 0 Å². The molecule has 2 aliphatic rings. The molecule has 5 heteroatoms. The minimum absolute atomic E-state index is 0.225. The van der Waals surface area contributed by atoms with E-state index in [1.165, 1.54) is 11.3 Å². The number of rotatable bonds is 2. The molecule has 1 fully saturated rings. The lowest BCUT2D eigenvalue weighted by atomic mass is 9.85. The smallest absolute Gasteiger partial charge is 0.137 e. The molecule has 0 aliphatic carbocycles. The van der Waals surface area contributed by atoms with E-state index >= 15 is 0 Å². The van der Waals surface area contributed by atoms with Gasteiger partial charge in [-0.05, 0) is 43.0 Å².